The van der Waals surface area contributed by atoms with Crippen LogP contribution < -0.4 is 0 Å². The van der Waals surface area contributed by atoms with Crippen LogP contribution in [0.3, 0.4) is 0 Å². The maximum absolute atomic E-state index is 13.0. The van der Waals surface area contributed by atoms with Gasteiger partial charge < -0.3 is 9.64 Å². The van der Waals surface area contributed by atoms with Crippen LogP contribution in [0.2, 0.25) is 5.02 Å². The van der Waals surface area contributed by atoms with Crippen LogP contribution in [0.4, 0.5) is 0 Å². The smallest absolute Gasteiger partial charge is 0.272 e. The van der Waals surface area contributed by atoms with Gasteiger partial charge in [-0.05, 0) is 35.7 Å². The van der Waals surface area contributed by atoms with E-state index in [1.807, 2.05) is 41.8 Å². The number of benzene rings is 1. The fourth-order valence-corrected chi connectivity index (χ4v) is 3.68. The normalized spacial score (nSPS) is 14.7. The van der Waals surface area contributed by atoms with Crippen molar-refractivity contribution < 1.29 is 9.53 Å². The van der Waals surface area contributed by atoms with E-state index in [0.29, 0.717) is 37.0 Å². The molecule has 0 radical (unpaired) electrons. The topological polar surface area (TPSA) is 47.4 Å². The van der Waals surface area contributed by atoms with Crippen molar-refractivity contribution in [1.29, 1.82) is 0 Å². The number of rotatable bonds is 3. The number of hydrogen-bond donors (Lipinski definition) is 0. The Labute approximate surface area is 154 Å². The van der Waals surface area contributed by atoms with Crippen LogP contribution in [-0.2, 0) is 4.74 Å². The van der Waals surface area contributed by atoms with Crippen molar-refractivity contribution >= 4 is 28.8 Å². The lowest BCUT2D eigenvalue weighted by Gasteiger charge is -2.26. The van der Waals surface area contributed by atoms with Crippen LogP contribution in [0.15, 0.2) is 47.8 Å². The largest absolute Gasteiger partial charge is 0.378 e. The highest BCUT2D eigenvalue weighted by Gasteiger charge is 2.24. The molecular weight excluding hydrogens is 358 g/mol. The number of nitrogens with zero attached hydrogens (tertiary/aromatic N) is 3. The molecule has 1 saturated heterocycles. The van der Waals surface area contributed by atoms with Gasteiger partial charge in [0.15, 0.2) is 0 Å². The van der Waals surface area contributed by atoms with Crippen LogP contribution in [0.5, 0.6) is 0 Å². The summed E-state index contributed by atoms with van der Waals surface area (Å²) in [6.07, 6.45) is 0. The molecule has 1 fully saturated rings. The van der Waals surface area contributed by atoms with E-state index < -0.39 is 0 Å². The highest BCUT2D eigenvalue weighted by molar-refractivity contribution is 7.13. The maximum Gasteiger partial charge on any atom is 0.272 e. The molecule has 1 amide bonds. The molecule has 7 heteroatoms. The molecule has 2 aromatic heterocycles. The number of aromatic nitrogens is 2. The van der Waals surface area contributed by atoms with Gasteiger partial charge in [-0.25, -0.2) is 4.68 Å². The molecule has 3 heterocycles. The lowest BCUT2D eigenvalue weighted by atomic mass is 10.2. The van der Waals surface area contributed by atoms with Crippen molar-refractivity contribution in [3.05, 3.63) is 58.6 Å². The molecule has 4 rings (SSSR count). The van der Waals surface area contributed by atoms with E-state index in [9.17, 15) is 4.79 Å². The van der Waals surface area contributed by atoms with Crippen LogP contribution >= 0.6 is 22.9 Å². The van der Waals surface area contributed by atoms with Gasteiger partial charge in [0, 0.05) is 18.1 Å². The van der Waals surface area contributed by atoms with Crippen molar-refractivity contribution in [2.75, 3.05) is 26.3 Å². The second-order valence-electron chi connectivity index (χ2n) is 5.69. The number of halogens is 1. The van der Waals surface area contributed by atoms with Crippen molar-refractivity contribution in [2.45, 2.75) is 0 Å². The van der Waals surface area contributed by atoms with Gasteiger partial charge in [-0.15, -0.1) is 11.3 Å². The van der Waals surface area contributed by atoms with Crippen LogP contribution in [0.1, 0.15) is 10.5 Å². The fourth-order valence-electron chi connectivity index (χ4n) is 2.81. The summed E-state index contributed by atoms with van der Waals surface area (Å²) in [5.74, 6) is -0.0430. The molecule has 0 bridgehead atoms. The van der Waals surface area contributed by atoms with Gasteiger partial charge in [0.25, 0.3) is 5.91 Å². The second-order valence-corrected chi connectivity index (χ2v) is 7.07. The Balaban J connectivity index is 1.79. The van der Waals surface area contributed by atoms with Crippen LogP contribution in [0.25, 0.3) is 16.3 Å². The molecule has 128 valence electrons. The number of morpholine rings is 1. The molecule has 25 heavy (non-hydrogen) atoms. The predicted octanol–water partition coefficient (Wildman–Crippen LogP) is 3.73. The van der Waals surface area contributed by atoms with Gasteiger partial charge in [0.05, 0.1) is 23.8 Å². The highest BCUT2D eigenvalue weighted by Crippen LogP contribution is 2.27. The first kappa shape index (κ1) is 16.3. The Kier molecular flexibility index (Phi) is 4.57. The molecule has 1 aromatic carbocycles. The summed E-state index contributed by atoms with van der Waals surface area (Å²) >= 11 is 7.73. The molecule has 1 aliphatic rings. The summed E-state index contributed by atoms with van der Waals surface area (Å²) in [4.78, 5) is 15.9. The third-order valence-electron chi connectivity index (χ3n) is 4.05. The molecule has 0 atom stereocenters. The Morgan fingerprint density at radius 2 is 2.00 bits per heavy atom. The van der Waals surface area contributed by atoms with Crippen molar-refractivity contribution in [1.82, 2.24) is 14.7 Å². The lowest BCUT2D eigenvalue weighted by molar-refractivity contribution is 0.0297. The summed E-state index contributed by atoms with van der Waals surface area (Å²) in [5.41, 5.74) is 2.09. The molecule has 0 unspecified atom stereocenters. The van der Waals surface area contributed by atoms with Crippen molar-refractivity contribution in [3.63, 3.8) is 0 Å². The first-order chi connectivity index (χ1) is 12.2. The average molecular weight is 374 g/mol. The van der Waals surface area contributed by atoms with Gasteiger partial charge in [-0.3, -0.25) is 4.79 Å². The molecule has 0 saturated carbocycles. The van der Waals surface area contributed by atoms with Crippen molar-refractivity contribution in [3.8, 4) is 16.3 Å². The first-order valence-electron chi connectivity index (χ1n) is 7.99. The number of carbonyl (C=O) groups excluding carboxylic acids is 1. The zero-order valence-corrected chi connectivity index (χ0v) is 15.0. The summed E-state index contributed by atoms with van der Waals surface area (Å²) in [7, 11) is 0. The third-order valence-corrected chi connectivity index (χ3v) is 5.18. The fraction of sp³-hybridized carbons (Fsp3) is 0.222. The zero-order valence-electron chi connectivity index (χ0n) is 13.4. The molecule has 0 spiro atoms. The number of amides is 1. The summed E-state index contributed by atoms with van der Waals surface area (Å²) in [6.45, 7) is 2.31. The molecule has 0 aliphatic carbocycles. The molecule has 5 nitrogen and oxygen atoms in total. The molecule has 0 N–H and O–H groups in total. The lowest BCUT2D eigenvalue weighted by Crippen LogP contribution is -2.41. The highest BCUT2D eigenvalue weighted by atomic mass is 35.5. The SMILES string of the molecule is O=C(c1cc(-c2cccs2)nn1-c1cccc(Cl)c1)N1CCOCC1. The summed E-state index contributed by atoms with van der Waals surface area (Å²) < 4.78 is 7.03. The Morgan fingerprint density at radius 1 is 1.16 bits per heavy atom. The Bertz CT molecular complexity index is 886. The predicted molar refractivity (Wildman–Crippen MR) is 98.6 cm³/mol. The summed E-state index contributed by atoms with van der Waals surface area (Å²) in [6, 6.07) is 13.2. The van der Waals surface area contributed by atoms with E-state index in [0.717, 1.165) is 16.3 Å². The number of thiophene rings is 1. The van der Waals surface area contributed by atoms with Gasteiger partial charge in [-0.2, -0.15) is 5.10 Å². The standard InChI is InChI=1S/C18H16ClN3O2S/c19-13-3-1-4-14(11-13)22-16(18(23)21-6-8-24-9-7-21)12-15(20-22)17-5-2-10-25-17/h1-5,10-12H,6-9H2. The van der Waals surface area contributed by atoms with Crippen LogP contribution in [0, 0.1) is 0 Å². The van der Waals surface area contributed by atoms with Crippen molar-refractivity contribution in [2.24, 2.45) is 0 Å². The first-order valence-corrected chi connectivity index (χ1v) is 9.25. The summed E-state index contributed by atoms with van der Waals surface area (Å²) in [5, 5.41) is 7.27. The number of ether oxygens (including phenoxy) is 1. The van der Waals surface area contributed by atoms with E-state index in [-0.39, 0.29) is 5.91 Å². The van der Waals surface area contributed by atoms with E-state index in [1.54, 1.807) is 27.0 Å². The second kappa shape index (κ2) is 7.00. The van der Waals surface area contributed by atoms with E-state index >= 15 is 0 Å². The van der Waals surface area contributed by atoms with E-state index in [2.05, 4.69) is 5.10 Å². The van der Waals surface area contributed by atoms with Gasteiger partial charge >= 0.3 is 0 Å². The number of carbonyl (C=O) groups is 1. The van der Waals surface area contributed by atoms with Gasteiger partial charge in [0.1, 0.15) is 11.4 Å². The maximum atomic E-state index is 13.0. The van der Waals surface area contributed by atoms with Gasteiger partial charge in [0.2, 0.25) is 0 Å². The number of hydrogen-bond acceptors (Lipinski definition) is 4. The Hall–Kier alpha value is -2.15. The minimum atomic E-state index is -0.0430. The van der Waals surface area contributed by atoms with E-state index in [1.165, 1.54) is 0 Å². The monoisotopic (exact) mass is 373 g/mol. The van der Waals surface area contributed by atoms with Crippen LogP contribution in [-0.4, -0.2) is 46.9 Å². The third kappa shape index (κ3) is 3.33. The quantitative estimate of drug-likeness (QED) is 0.702. The minimum Gasteiger partial charge on any atom is -0.378 e. The van der Waals surface area contributed by atoms with E-state index in [4.69, 9.17) is 16.3 Å². The molecule has 1 aliphatic heterocycles. The molecule has 3 aromatic rings. The van der Waals surface area contributed by atoms with Gasteiger partial charge in [-0.1, -0.05) is 23.7 Å². The Morgan fingerprint density at radius 3 is 2.72 bits per heavy atom. The minimum absolute atomic E-state index is 0.0430. The zero-order chi connectivity index (χ0) is 17.2. The average Bonchev–Trinajstić information content (AvgIpc) is 3.31. The molecular formula is C18H16ClN3O2S.